The fraction of sp³-hybridized carbons (Fsp3) is 0.759. The Morgan fingerprint density at radius 1 is 0.500 bits per heavy atom. The quantitative estimate of drug-likeness (QED) is 0.377. The summed E-state index contributed by atoms with van der Waals surface area (Å²) in [7, 11) is 0. The van der Waals surface area contributed by atoms with E-state index in [0.29, 0.717) is 83.5 Å². The smallest absolute Gasteiger partial charge is 0.136 e. The summed E-state index contributed by atoms with van der Waals surface area (Å²) >= 11 is 0. The van der Waals surface area contributed by atoms with Crippen molar-refractivity contribution in [3.8, 4) is 0 Å². The first-order valence-electron chi connectivity index (χ1n) is 13.6. The summed E-state index contributed by atoms with van der Waals surface area (Å²) in [6.45, 7) is 5.70. The zero-order valence-corrected chi connectivity index (χ0v) is 25.9. The molecule has 6 unspecified atom stereocenters. The van der Waals surface area contributed by atoms with E-state index < -0.39 is 0 Å². The molecule has 0 saturated heterocycles. The third-order valence-electron chi connectivity index (χ3n) is 8.83. The predicted octanol–water partition coefficient (Wildman–Crippen LogP) is 4.84. The molecule has 3 rings (SSSR count). The Morgan fingerprint density at radius 3 is 1.14 bits per heavy atom. The first-order valence-corrected chi connectivity index (χ1v) is 13.6. The molecule has 0 amide bonds. The van der Waals surface area contributed by atoms with Gasteiger partial charge in [0.2, 0.25) is 0 Å². The summed E-state index contributed by atoms with van der Waals surface area (Å²) in [5.74, 6) is -0.625. The van der Waals surface area contributed by atoms with E-state index in [9.17, 15) is 28.8 Å². The van der Waals surface area contributed by atoms with Crippen LogP contribution in [0.15, 0.2) is 0 Å². The summed E-state index contributed by atoms with van der Waals surface area (Å²) in [5, 5.41) is 0. The summed E-state index contributed by atoms with van der Waals surface area (Å²) in [5.41, 5.74) is 0. The molecule has 0 aromatic rings. The van der Waals surface area contributed by atoms with Gasteiger partial charge >= 0.3 is 0 Å². The van der Waals surface area contributed by atoms with Crippen LogP contribution in [0.2, 0.25) is 0 Å². The molecule has 0 aromatic carbocycles. The van der Waals surface area contributed by atoms with E-state index >= 15 is 0 Å². The van der Waals surface area contributed by atoms with Crippen LogP contribution in [0.1, 0.15) is 103 Å². The molecular weight excluding hydrogens is 682 g/mol. The minimum atomic E-state index is -0.325. The molecule has 198 valence electrons. The first kappa shape index (κ1) is 31.3. The molecule has 0 spiro atoms. The summed E-state index contributed by atoms with van der Waals surface area (Å²) in [6, 6.07) is 0. The van der Waals surface area contributed by atoms with Crippen molar-refractivity contribution in [2.24, 2.45) is 35.5 Å². The third kappa shape index (κ3) is 8.55. The Balaban J connectivity index is 0.00000456. The molecule has 3 aliphatic rings. The van der Waals surface area contributed by atoms with Gasteiger partial charge in [0.1, 0.15) is 34.7 Å². The molecule has 3 fully saturated rings. The van der Waals surface area contributed by atoms with Crippen molar-refractivity contribution in [1.82, 2.24) is 0 Å². The molecule has 0 bridgehead atoms. The van der Waals surface area contributed by atoms with Gasteiger partial charge in [0.05, 0.1) is 0 Å². The Bertz CT molecular complexity index is 849. The van der Waals surface area contributed by atoms with Crippen LogP contribution >= 0.6 is 0 Å². The maximum atomic E-state index is 13.0. The van der Waals surface area contributed by atoms with Gasteiger partial charge in [-0.2, -0.15) is 6.42 Å². The average Bonchev–Trinajstić information content (AvgIpc) is 2.83. The number of ketones is 6. The van der Waals surface area contributed by atoms with Gasteiger partial charge in [-0.05, 0) is 57.3 Å². The number of carbonyl (C=O) groups excluding carboxylic acids is 6. The van der Waals surface area contributed by atoms with E-state index in [0.717, 1.165) is 0 Å². The average molecular weight is 724 g/mol. The second-order valence-electron chi connectivity index (χ2n) is 11.2. The molecule has 0 aliphatic heterocycles. The second kappa shape index (κ2) is 14.9. The standard InChI is InChI=1S/C29H41O6.U/c1-3-19-5-12-27(33)21(7-13-25(19)31)17-23-9-15-28(34)22(8-14-29(23)35)16-20-6-11-24(30)18(2)4-10-26(20)32;/h18-23H,1,3-17H2,2H3;/q-1;. The van der Waals surface area contributed by atoms with Crippen LogP contribution in [-0.4, -0.2) is 34.7 Å². The van der Waals surface area contributed by atoms with Crippen LogP contribution in [0.5, 0.6) is 0 Å². The summed E-state index contributed by atoms with van der Waals surface area (Å²) < 4.78 is 0. The van der Waals surface area contributed by atoms with Crippen LogP contribution in [0, 0.1) is 73.5 Å². The molecule has 6 nitrogen and oxygen atoms in total. The maximum absolute atomic E-state index is 13.0. The Hall–Kier alpha value is -0.928. The largest absolute Gasteiger partial charge is 0.343 e. The van der Waals surface area contributed by atoms with E-state index in [4.69, 9.17) is 0 Å². The minimum absolute atomic E-state index is 0. The third-order valence-corrected chi connectivity index (χ3v) is 8.83. The molecule has 6 atom stereocenters. The molecule has 0 radical (unpaired) electrons. The summed E-state index contributed by atoms with van der Waals surface area (Å²) in [6.07, 6.45) is 6.39. The molecule has 3 saturated carbocycles. The number of hydrogen-bond donors (Lipinski definition) is 0. The van der Waals surface area contributed by atoms with Crippen molar-refractivity contribution in [2.75, 3.05) is 0 Å². The van der Waals surface area contributed by atoms with Crippen molar-refractivity contribution in [3.05, 3.63) is 6.92 Å². The van der Waals surface area contributed by atoms with Gasteiger partial charge < -0.3 is 6.92 Å². The SMILES string of the molecule is [CH2-]CC1CCC(=O)C(CC2CCC(=O)C(CC3CCC(=O)C(C)CCC3=O)CCC2=O)CCC1=O.[U]. The van der Waals surface area contributed by atoms with Crippen LogP contribution in [0.25, 0.3) is 0 Å². The molecular formula is C29H41O6U-. The molecule has 36 heavy (non-hydrogen) atoms. The van der Waals surface area contributed by atoms with Gasteiger partial charge in [-0.25, -0.2) is 0 Å². The Kier molecular flexibility index (Phi) is 12.9. The topological polar surface area (TPSA) is 102 Å². The maximum Gasteiger partial charge on any atom is 0.136 e. The van der Waals surface area contributed by atoms with Crippen LogP contribution in [-0.2, 0) is 28.8 Å². The molecule has 0 N–H and O–H groups in total. The molecule has 3 aliphatic carbocycles. The van der Waals surface area contributed by atoms with Crippen molar-refractivity contribution in [1.29, 1.82) is 0 Å². The number of Topliss-reactive ketones (excluding diaryl/α,β-unsaturated/α-hetero) is 6. The minimum Gasteiger partial charge on any atom is -0.343 e. The van der Waals surface area contributed by atoms with Crippen molar-refractivity contribution in [2.45, 2.75) is 103 Å². The number of carbonyl (C=O) groups is 6. The van der Waals surface area contributed by atoms with E-state index in [1.165, 1.54) is 0 Å². The van der Waals surface area contributed by atoms with Crippen LogP contribution in [0.3, 0.4) is 0 Å². The van der Waals surface area contributed by atoms with E-state index in [1.54, 1.807) is 0 Å². The Morgan fingerprint density at radius 2 is 0.778 bits per heavy atom. The van der Waals surface area contributed by atoms with Gasteiger partial charge in [0.25, 0.3) is 0 Å². The van der Waals surface area contributed by atoms with Gasteiger partial charge in [0.15, 0.2) is 0 Å². The second-order valence-corrected chi connectivity index (χ2v) is 11.2. The Labute approximate surface area is 239 Å². The van der Waals surface area contributed by atoms with Gasteiger partial charge in [-0.3, -0.25) is 28.8 Å². The number of hydrogen-bond acceptors (Lipinski definition) is 6. The fourth-order valence-corrected chi connectivity index (χ4v) is 6.16. The van der Waals surface area contributed by atoms with Crippen LogP contribution < -0.4 is 0 Å². The van der Waals surface area contributed by atoms with Crippen molar-refractivity contribution < 1.29 is 59.9 Å². The monoisotopic (exact) mass is 723 g/mol. The van der Waals surface area contributed by atoms with Crippen molar-refractivity contribution in [3.63, 3.8) is 0 Å². The van der Waals surface area contributed by atoms with Gasteiger partial charge in [0, 0.05) is 99.2 Å². The van der Waals surface area contributed by atoms with Crippen molar-refractivity contribution >= 4 is 34.7 Å². The molecule has 0 aromatic heterocycles. The van der Waals surface area contributed by atoms with E-state index in [2.05, 4.69) is 6.92 Å². The van der Waals surface area contributed by atoms with Gasteiger partial charge in [-0.1, -0.05) is 6.92 Å². The zero-order valence-electron chi connectivity index (χ0n) is 21.7. The fourth-order valence-electron chi connectivity index (χ4n) is 6.16. The van der Waals surface area contributed by atoms with Gasteiger partial charge in [-0.15, -0.1) is 0 Å². The predicted molar refractivity (Wildman–Crippen MR) is 131 cm³/mol. The first-order chi connectivity index (χ1) is 16.7. The number of rotatable bonds is 5. The molecule has 7 heteroatoms. The zero-order chi connectivity index (χ0) is 25.5. The summed E-state index contributed by atoms with van der Waals surface area (Å²) in [4.78, 5) is 76.0. The normalized spacial score (nSPS) is 33.5. The molecule has 0 heterocycles. The van der Waals surface area contributed by atoms with E-state index in [-0.39, 0.29) is 114 Å². The van der Waals surface area contributed by atoms with E-state index in [1.807, 2.05) is 6.92 Å². The van der Waals surface area contributed by atoms with Crippen LogP contribution in [0.4, 0.5) is 0 Å².